The van der Waals surface area contributed by atoms with Crippen molar-refractivity contribution < 1.29 is 9.13 Å². The number of benzene rings is 1. The summed E-state index contributed by atoms with van der Waals surface area (Å²) in [5.41, 5.74) is 0.0175. The lowest BCUT2D eigenvalue weighted by Gasteiger charge is -2.08. The number of hydrogen-bond acceptors (Lipinski definition) is 3. The van der Waals surface area contributed by atoms with Gasteiger partial charge in [-0.15, -0.1) is 0 Å². The molecule has 0 bridgehead atoms. The second-order valence-corrected chi connectivity index (χ2v) is 4.14. The number of halogens is 1. The number of aromatic nitrogens is 2. The fraction of sp³-hybridized carbons (Fsp3) is 0.286. The van der Waals surface area contributed by atoms with Crippen LogP contribution in [-0.4, -0.2) is 16.6 Å². The molecule has 0 saturated carbocycles. The SMILES string of the molecule is CCCCOc1ccc(F)c(-c2cnc[nH]c2=O)c1. The van der Waals surface area contributed by atoms with E-state index in [1.54, 1.807) is 6.07 Å². The third-order valence-electron chi connectivity index (χ3n) is 2.71. The van der Waals surface area contributed by atoms with Gasteiger partial charge in [0.15, 0.2) is 0 Å². The Morgan fingerprint density at radius 3 is 2.95 bits per heavy atom. The van der Waals surface area contributed by atoms with E-state index in [2.05, 4.69) is 16.9 Å². The van der Waals surface area contributed by atoms with Crippen molar-refractivity contribution in [3.63, 3.8) is 0 Å². The lowest BCUT2D eigenvalue weighted by Crippen LogP contribution is -2.09. The van der Waals surface area contributed by atoms with Crippen molar-refractivity contribution in [3.8, 4) is 16.9 Å². The zero-order chi connectivity index (χ0) is 13.7. The van der Waals surface area contributed by atoms with Crippen molar-refractivity contribution in [2.24, 2.45) is 0 Å². The van der Waals surface area contributed by atoms with Crippen LogP contribution in [0.3, 0.4) is 0 Å². The number of aromatic amines is 1. The Balaban J connectivity index is 2.32. The van der Waals surface area contributed by atoms with E-state index in [-0.39, 0.29) is 16.7 Å². The molecule has 2 aromatic rings. The minimum absolute atomic E-state index is 0.195. The van der Waals surface area contributed by atoms with E-state index in [1.807, 2.05) is 0 Å². The van der Waals surface area contributed by atoms with Gasteiger partial charge in [0.1, 0.15) is 11.6 Å². The summed E-state index contributed by atoms with van der Waals surface area (Å²) in [5, 5.41) is 0. The van der Waals surface area contributed by atoms with E-state index in [0.717, 1.165) is 12.8 Å². The van der Waals surface area contributed by atoms with E-state index in [9.17, 15) is 9.18 Å². The molecule has 1 aromatic heterocycles. The summed E-state index contributed by atoms with van der Waals surface area (Å²) in [4.78, 5) is 17.9. The quantitative estimate of drug-likeness (QED) is 0.843. The molecule has 4 nitrogen and oxygen atoms in total. The summed E-state index contributed by atoms with van der Waals surface area (Å²) in [5.74, 6) is 0.0782. The van der Waals surface area contributed by atoms with Crippen LogP contribution in [0, 0.1) is 5.82 Å². The Morgan fingerprint density at radius 2 is 2.21 bits per heavy atom. The maximum atomic E-state index is 13.8. The van der Waals surface area contributed by atoms with Crippen LogP contribution < -0.4 is 10.3 Å². The molecule has 1 heterocycles. The minimum Gasteiger partial charge on any atom is -0.494 e. The van der Waals surface area contributed by atoms with Crippen molar-refractivity contribution in [3.05, 3.63) is 46.9 Å². The van der Waals surface area contributed by atoms with Gasteiger partial charge in [0, 0.05) is 11.8 Å². The van der Waals surface area contributed by atoms with Crippen LogP contribution in [0.15, 0.2) is 35.5 Å². The second kappa shape index (κ2) is 6.13. The summed E-state index contributed by atoms with van der Waals surface area (Å²) >= 11 is 0. The maximum Gasteiger partial charge on any atom is 0.258 e. The number of ether oxygens (including phenoxy) is 1. The molecule has 19 heavy (non-hydrogen) atoms. The highest BCUT2D eigenvalue weighted by Crippen LogP contribution is 2.24. The van der Waals surface area contributed by atoms with E-state index < -0.39 is 5.82 Å². The maximum absolute atomic E-state index is 13.8. The van der Waals surface area contributed by atoms with Gasteiger partial charge in [-0.2, -0.15) is 0 Å². The van der Waals surface area contributed by atoms with Crippen molar-refractivity contribution in [1.29, 1.82) is 0 Å². The predicted molar refractivity (Wildman–Crippen MR) is 70.7 cm³/mol. The standard InChI is InChI=1S/C14H15FN2O2/c1-2-3-6-19-10-4-5-13(15)11(7-10)12-8-16-9-17-14(12)18/h4-5,7-9H,2-3,6H2,1H3,(H,16,17,18). The van der Waals surface area contributed by atoms with Crippen molar-refractivity contribution in [2.45, 2.75) is 19.8 Å². The fourth-order valence-electron chi connectivity index (χ4n) is 1.67. The molecule has 0 amide bonds. The summed E-state index contributed by atoms with van der Waals surface area (Å²) in [6.45, 7) is 2.64. The highest BCUT2D eigenvalue weighted by Gasteiger charge is 2.10. The van der Waals surface area contributed by atoms with Crippen LogP contribution in [0.1, 0.15) is 19.8 Å². The summed E-state index contributed by atoms with van der Waals surface area (Å²) in [6, 6.07) is 4.37. The van der Waals surface area contributed by atoms with Gasteiger partial charge in [0.05, 0.1) is 18.5 Å². The molecular formula is C14H15FN2O2. The Morgan fingerprint density at radius 1 is 1.37 bits per heavy atom. The second-order valence-electron chi connectivity index (χ2n) is 4.14. The third kappa shape index (κ3) is 3.19. The highest BCUT2D eigenvalue weighted by atomic mass is 19.1. The molecule has 1 aromatic carbocycles. The topological polar surface area (TPSA) is 55.0 Å². The third-order valence-corrected chi connectivity index (χ3v) is 2.71. The average molecular weight is 262 g/mol. The lowest BCUT2D eigenvalue weighted by molar-refractivity contribution is 0.309. The molecule has 0 fully saturated rings. The molecule has 5 heteroatoms. The van der Waals surface area contributed by atoms with E-state index >= 15 is 0 Å². The van der Waals surface area contributed by atoms with E-state index in [4.69, 9.17) is 4.74 Å². The predicted octanol–water partition coefficient (Wildman–Crippen LogP) is 2.75. The molecule has 0 spiro atoms. The highest BCUT2D eigenvalue weighted by molar-refractivity contribution is 5.63. The van der Waals surface area contributed by atoms with E-state index in [0.29, 0.717) is 12.4 Å². The normalized spacial score (nSPS) is 10.4. The Labute approximate surface area is 110 Å². The Kier molecular flexibility index (Phi) is 4.28. The van der Waals surface area contributed by atoms with Crippen molar-refractivity contribution in [2.75, 3.05) is 6.61 Å². The Bertz CT molecular complexity index is 610. The number of hydrogen-bond donors (Lipinski definition) is 1. The van der Waals surface area contributed by atoms with Crippen molar-refractivity contribution in [1.82, 2.24) is 9.97 Å². The smallest absolute Gasteiger partial charge is 0.258 e. The average Bonchev–Trinajstić information content (AvgIpc) is 2.42. The molecule has 0 saturated heterocycles. The molecule has 100 valence electrons. The van der Waals surface area contributed by atoms with Gasteiger partial charge in [-0.25, -0.2) is 9.37 Å². The molecule has 0 radical (unpaired) electrons. The lowest BCUT2D eigenvalue weighted by atomic mass is 10.1. The van der Waals surface area contributed by atoms with Crippen LogP contribution in [0.25, 0.3) is 11.1 Å². The monoisotopic (exact) mass is 262 g/mol. The first kappa shape index (κ1) is 13.3. The molecule has 0 aliphatic rings. The molecule has 0 aliphatic heterocycles. The Hall–Kier alpha value is -2.17. The first-order valence-corrected chi connectivity index (χ1v) is 6.17. The largest absolute Gasteiger partial charge is 0.494 e. The molecule has 1 N–H and O–H groups in total. The minimum atomic E-state index is -0.471. The first-order chi connectivity index (χ1) is 9.22. The van der Waals surface area contributed by atoms with Crippen LogP contribution in [-0.2, 0) is 0 Å². The number of nitrogens with zero attached hydrogens (tertiary/aromatic N) is 1. The number of nitrogens with one attached hydrogen (secondary N) is 1. The van der Waals surface area contributed by atoms with Crippen LogP contribution in [0.2, 0.25) is 0 Å². The molecule has 2 rings (SSSR count). The number of rotatable bonds is 5. The van der Waals surface area contributed by atoms with Gasteiger partial charge < -0.3 is 9.72 Å². The van der Waals surface area contributed by atoms with Crippen LogP contribution >= 0.6 is 0 Å². The van der Waals surface area contributed by atoms with Gasteiger partial charge in [0.2, 0.25) is 0 Å². The first-order valence-electron chi connectivity index (χ1n) is 6.17. The fourth-order valence-corrected chi connectivity index (χ4v) is 1.67. The number of unbranched alkanes of at least 4 members (excludes halogenated alkanes) is 1. The molecule has 0 atom stereocenters. The summed E-state index contributed by atoms with van der Waals surface area (Å²) in [7, 11) is 0. The molecular weight excluding hydrogens is 247 g/mol. The number of H-pyrrole nitrogens is 1. The van der Waals surface area contributed by atoms with Crippen LogP contribution in [0.5, 0.6) is 5.75 Å². The van der Waals surface area contributed by atoms with Gasteiger partial charge in [-0.05, 0) is 24.6 Å². The van der Waals surface area contributed by atoms with Gasteiger partial charge in [-0.3, -0.25) is 4.79 Å². The summed E-state index contributed by atoms with van der Waals surface area (Å²) in [6.07, 6.45) is 4.56. The van der Waals surface area contributed by atoms with Gasteiger partial charge in [0.25, 0.3) is 5.56 Å². The molecule has 0 unspecified atom stereocenters. The van der Waals surface area contributed by atoms with Crippen molar-refractivity contribution >= 4 is 0 Å². The van der Waals surface area contributed by atoms with Gasteiger partial charge in [-0.1, -0.05) is 13.3 Å². The van der Waals surface area contributed by atoms with Crippen LogP contribution in [0.4, 0.5) is 4.39 Å². The zero-order valence-corrected chi connectivity index (χ0v) is 10.6. The zero-order valence-electron chi connectivity index (χ0n) is 10.6. The molecule has 0 aliphatic carbocycles. The summed E-state index contributed by atoms with van der Waals surface area (Å²) < 4.78 is 19.3. The van der Waals surface area contributed by atoms with Gasteiger partial charge >= 0.3 is 0 Å². The van der Waals surface area contributed by atoms with E-state index in [1.165, 1.54) is 24.7 Å².